The van der Waals surface area contributed by atoms with Crippen molar-refractivity contribution < 1.29 is 14.3 Å². The molecule has 0 atom stereocenters. The first-order valence-electron chi connectivity index (χ1n) is 11.8. The molecule has 0 radical (unpaired) electrons. The van der Waals surface area contributed by atoms with E-state index in [9.17, 15) is 4.79 Å². The Hall–Kier alpha value is -4.64. The average Bonchev–Trinajstić information content (AvgIpc) is 3.57. The van der Waals surface area contributed by atoms with Gasteiger partial charge in [-0.2, -0.15) is 14.8 Å². The van der Waals surface area contributed by atoms with Crippen LogP contribution in [0.3, 0.4) is 0 Å². The summed E-state index contributed by atoms with van der Waals surface area (Å²) in [6, 6.07) is 14.5. The van der Waals surface area contributed by atoms with Crippen molar-refractivity contribution in [2.24, 2.45) is 0 Å². The SMILES string of the molecule is COc1cc(-c2nc(Nc3ccc4[nH]ncc4c3Cl)n(-c3ccccn3)n2)ccc1OCC(=O)NC(C)C. The van der Waals surface area contributed by atoms with Gasteiger partial charge in [0.05, 0.1) is 29.5 Å². The van der Waals surface area contributed by atoms with Crippen molar-refractivity contribution in [2.45, 2.75) is 19.9 Å². The molecule has 0 unspecified atom stereocenters. The quantitative estimate of drug-likeness (QED) is 0.252. The Morgan fingerprint density at radius 2 is 2.03 bits per heavy atom. The molecule has 0 saturated carbocycles. The summed E-state index contributed by atoms with van der Waals surface area (Å²) in [7, 11) is 1.53. The van der Waals surface area contributed by atoms with E-state index in [2.05, 4.69) is 25.8 Å². The van der Waals surface area contributed by atoms with Crippen LogP contribution in [0.1, 0.15) is 13.8 Å². The highest BCUT2D eigenvalue weighted by Crippen LogP contribution is 2.34. The number of fused-ring (bicyclic) bond motifs is 1. The largest absolute Gasteiger partial charge is 0.493 e. The van der Waals surface area contributed by atoms with E-state index in [0.717, 1.165) is 10.9 Å². The number of amides is 1. The Kier molecular flexibility index (Phi) is 7.09. The van der Waals surface area contributed by atoms with Crippen molar-refractivity contribution in [3.05, 3.63) is 65.9 Å². The molecule has 0 saturated heterocycles. The molecule has 3 heterocycles. The topological polar surface area (TPSA) is 132 Å². The molecule has 38 heavy (non-hydrogen) atoms. The smallest absolute Gasteiger partial charge is 0.258 e. The van der Waals surface area contributed by atoms with Gasteiger partial charge in [0.25, 0.3) is 5.91 Å². The Morgan fingerprint density at radius 3 is 2.79 bits per heavy atom. The van der Waals surface area contributed by atoms with Gasteiger partial charge in [-0.25, -0.2) is 4.98 Å². The maximum absolute atomic E-state index is 12.0. The summed E-state index contributed by atoms with van der Waals surface area (Å²) in [6.07, 6.45) is 3.34. The number of pyridine rings is 1. The average molecular weight is 533 g/mol. The van der Waals surface area contributed by atoms with Crippen molar-refractivity contribution in [3.8, 4) is 28.7 Å². The van der Waals surface area contributed by atoms with Crippen LogP contribution in [0.5, 0.6) is 11.5 Å². The third-order valence-corrected chi connectivity index (χ3v) is 5.92. The van der Waals surface area contributed by atoms with Crippen molar-refractivity contribution in [3.63, 3.8) is 0 Å². The van der Waals surface area contributed by atoms with Gasteiger partial charge < -0.3 is 20.1 Å². The number of methoxy groups -OCH3 is 1. The third-order valence-electron chi connectivity index (χ3n) is 5.51. The number of carbonyl (C=O) groups is 1. The monoisotopic (exact) mass is 532 g/mol. The molecule has 5 rings (SSSR count). The van der Waals surface area contributed by atoms with E-state index in [-0.39, 0.29) is 18.6 Å². The first-order valence-corrected chi connectivity index (χ1v) is 12.2. The number of nitrogens with zero attached hydrogens (tertiary/aromatic N) is 5. The molecule has 194 valence electrons. The second-order valence-corrected chi connectivity index (χ2v) is 9.00. The molecule has 0 bridgehead atoms. The number of ether oxygens (including phenoxy) is 2. The van der Waals surface area contributed by atoms with Gasteiger partial charge in [-0.1, -0.05) is 17.7 Å². The molecular formula is C26H25ClN8O3. The zero-order valence-electron chi connectivity index (χ0n) is 20.9. The minimum Gasteiger partial charge on any atom is -0.493 e. The molecule has 12 heteroatoms. The second kappa shape index (κ2) is 10.8. The van der Waals surface area contributed by atoms with Gasteiger partial charge in [-0.05, 0) is 56.3 Å². The van der Waals surface area contributed by atoms with Crippen molar-refractivity contribution >= 4 is 40.0 Å². The lowest BCUT2D eigenvalue weighted by Crippen LogP contribution is -2.34. The lowest BCUT2D eigenvalue weighted by atomic mass is 10.2. The number of aromatic nitrogens is 6. The number of benzene rings is 2. The number of H-pyrrole nitrogens is 1. The lowest BCUT2D eigenvalue weighted by Gasteiger charge is -2.12. The van der Waals surface area contributed by atoms with Gasteiger partial charge in [-0.3, -0.25) is 9.89 Å². The summed E-state index contributed by atoms with van der Waals surface area (Å²) in [5.74, 6) is 2.05. The molecule has 5 aromatic rings. The van der Waals surface area contributed by atoms with Crippen LogP contribution in [0, 0.1) is 0 Å². The molecule has 0 fully saturated rings. The lowest BCUT2D eigenvalue weighted by molar-refractivity contribution is -0.123. The van der Waals surface area contributed by atoms with E-state index in [1.807, 2.05) is 44.2 Å². The summed E-state index contributed by atoms with van der Waals surface area (Å²) in [4.78, 5) is 21.1. The fourth-order valence-electron chi connectivity index (χ4n) is 3.79. The Balaban J connectivity index is 1.48. The fourth-order valence-corrected chi connectivity index (χ4v) is 4.05. The zero-order chi connectivity index (χ0) is 26.6. The summed E-state index contributed by atoms with van der Waals surface area (Å²) >= 11 is 6.64. The summed E-state index contributed by atoms with van der Waals surface area (Å²) in [5.41, 5.74) is 2.14. The van der Waals surface area contributed by atoms with E-state index < -0.39 is 0 Å². The van der Waals surface area contributed by atoms with E-state index in [1.165, 1.54) is 7.11 Å². The zero-order valence-corrected chi connectivity index (χ0v) is 21.7. The Bertz CT molecular complexity index is 1580. The molecule has 0 spiro atoms. The number of aromatic amines is 1. The summed E-state index contributed by atoms with van der Waals surface area (Å²) in [5, 5.41) is 19.0. The van der Waals surface area contributed by atoms with Gasteiger partial charge in [0.15, 0.2) is 29.7 Å². The minimum atomic E-state index is -0.218. The van der Waals surface area contributed by atoms with Crippen molar-refractivity contribution in [1.29, 1.82) is 0 Å². The molecule has 0 aliphatic carbocycles. The van der Waals surface area contributed by atoms with Crippen LogP contribution >= 0.6 is 11.6 Å². The van der Waals surface area contributed by atoms with Crippen molar-refractivity contribution in [2.75, 3.05) is 19.0 Å². The second-order valence-electron chi connectivity index (χ2n) is 8.62. The predicted octanol–water partition coefficient (Wildman–Crippen LogP) is 4.51. The predicted molar refractivity (Wildman–Crippen MR) is 144 cm³/mol. The molecule has 1 amide bonds. The van der Waals surface area contributed by atoms with Gasteiger partial charge >= 0.3 is 0 Å². The third kappa shape index (κ3) is 5.23. The summed E-state index contributed by atoms with van der Waals surface area (Å²) < 4.78 is 12.8. The van der Waals surface area contributed by atoms with Gasteiger partial charge in [0, 0.05) is 23.2 Å². The maximum atomic E-state index is 12.0. The van der Waals surface area contributed by atoms with E-state index in [1.54, 1.807) is 35.3 Å². The molecule has 3 N–H and O–H groups in total. The van der Waals surface area contributed by atoms with E-state index in [0.29, 0.717) is 45.4 Å². The molecular weight excluding hydrogens is 508 g/mol. The molecule has 11 nitrogen and oxygen atoms in total. The number of nitrogens with one attached hydrogen (secondary N) is 3. The van der Waals surface area contributed by atoms with Crippen LogP contribution in [0.2, 0.25) is 5.02 Å². The fraction of sp³-hybridized carbons (Fsp3) is 0.192. The van der Waals surface area contributed by atoms with E-state index >= 15 is 0 Å². The highest BCUT2D eigenvalue weighted by molar-refractivity contribution is 6.38. The highest BCUT2D eigenvalue weighted by Gasteiger charge is 2.18. The molecule has 3 aromatic heterocycles. The van der Waals surface area contributed by atoms with Crippen LogP contribution in [0.4, 0.5) is 11.6 Å². The normalized spacial score (nSPS) is 11.1. The van der Waals surface area contributed by atoms with Gasteiger partial charge in [-0.15, -0.1) is 5.10 Å². The van der Waals surface area contributed by atoms with Gasteiger partial charge in [0.1, 0.15) is 0 Å². The van der Waals surface area contributed by atoms with Crippen LogP contribution in [-0.2, 0) is 4.79 Å². The highest BCUT2D eigenvalue weighted by atomic mass is 35.5. The molecule has 0 aliphatic heterocycles. The number of hydrogen-bond acceptors (Lipinski definition) is 8. The van der Waals surface area contributed by atoms with Crippen LogP contribution in [0.15, 0.2) is 60.9 Å². The first kappa shape index (κ1) is 25.0. The van der Waals surface area contributed by atoms with Crippen LogP contribution in [-0.4, -0.2) is 55.6 Å². The minimum absolute atomic E-state index is 0.0231. The number of anilines is 2. The maximum Gasteiger partial charge on any atom is 0.258 e. The number of hydrogen-bond donors (Lipinski definition) is 3. The van der Waals surface area contributed by atoms with Crippen LogP contribution < -0.4 is 20.1 Å². The molecule has 0 aliphatic rings. The van der Waals surface area contributed by atoms with Gasteiger partial charge in [0.2, 0.25) is 5.95 Å². The number of halogens is 1. The molecule has 2 aromatic carbocycles. The standard InChI is InChI=1S/C26H25ClN8O3/c1-15(2)30-23(36)14-38-20-10-7-16(12-21(20)37-3)25-32-26(35(34-25)22-6-4-5-11-28-22)31-19-9-8-18-17(24(19)27)13-29-33-18/h4-13,15H,14H2,1-3H3,(H,29,33)(H,30,36)(H,31,32,34). The number of carbonyl (C=O) groups excluding carboxylic acids is 1. The Morgan fingerprint density at radius 1 is 1.16 bits per heavy atom. The number of rotatable bonds is 9. The first-order chi connectivity index (χ1) is 18.4. The van der Waals surface area contributed by atoms with Crippen molar-refractivity contribution in [1.82, 2.24) is 35.3 Å². The van der Waals surface area contributed by atoms with Crippen LogP contribution in [0.25, 0.3) is 28.1 Å². The summed E-state index contributed by atoms with van der Waals surface area (Å²) in [6.45, 7) is 3.64. The van der Waals surface area contributed by atoms with E-state index in [4.69, 9.17) is 31.2 Å². The Labute approximate surface area is 223 Å².